The van der Waals surface area contributed by atoms with Crippen LogP contribution in [-0.4, -0.2) is 32.6 Å². The van der Waals surface area contributed by atoms with Crippen molar-refractivity contribution in [3.05, 3.63) is 22.2 Å². The first-order valence-corrected chi connectivity index (χ1v) is 4.95. The highest BCUT2D eigenvalue weighted by Gasteiger charge is 2.18. The lowest BCUT2D eigenvalue weighted by atomic mass is 10.3. The summed E-state index contributed by atoms with van der Waals surface area (Å²) in [5, 5.41) is 34.0. The molecule has 17 heavy (non-hydrogen) atoms. The Morgan fingerprint density at radius 3 is 2.35 bits per heavy atom. The van der Waals surface area contributed by atoms with E-state index in [0.717, 1.165) is 0 Å². The minimum absolute atomic E-state index is 0.112. The van der Waals surface area contributed by atoms with E-state index in [4.69, 9.17) is 10.2 Å². The summed E-state index contributed by atoms with van der Waals surface area (Å²) in [4.78, 5) is 13.8. The van der Waals surface area contributed by atoms with Crippen LogP contribution in [0, 0.1) is 10.1 Å². The Morgan fingerprint density at radius 1 is 1.29 bits per heavy atom. The molecule has 8 heteroatoms. The Morgan fingerprint density at radius 2 is 1.88 bits per heavy atom. The first-order chi connectivity index (χ1) is 7.90. The number of hydrogen-bond acceptors (Lipinski definition) is 7. The molecule has 0 spiro atoms. The average molecular weight is 242 g/mol. The molecule has 8 nitrogen and oxygen atoms in total. The summed E-state index contributed by atoms with van der Waals surface area (Å²) in [6.07, 6.45) is -1.79. The van der Waals surface area contributed by atoms with Crippen molar-refractivity contribution in [2.24, 2.45) is 0 Å². The maximum Gasteiger partial charge on any atom is 0.389 e. The molecule has 0 fully saturated rings. The molecule has 0 saturated carbocycles. The minimum Gasteiger partial charge on any atom is -0.374 e. The molecule has 2 unspecified atom stereocenters. The van der Waals surface area contributed by atoms with Gasteiger partial charge >= 0.3 is 5.82 Å². The summed E-state index contributed by atoms with van der Waals surface area (Å²) in [6, 6.07) is 2.87. The molecule has 1 aromatic heterocycles. The van der Waals surface area contributed by atoms with Gasteiger partial charge in [-0.2, -0.15) is 0 Å². The van der Waals surface area contributed by atoms with Gasteiger partial charge in [0, 0.05) is 6.07 Å². The number of rotatable bonds is 5. The molecule has 1 heterocycles. The van der Waals surface area contributed by atoms with E-state index in [0.29, 0.717) is 0 Å². The number of anilines is 2. The third kappa shape index (κ3) is 3.85. The van der Waals surface area contributed by atoms with E-state index in [2.05, 4.69) is 15.6 Å². The van der Waals surface area contributed by atoms with Crippen LogP contribution < -0.4 is 10.6 Å². The Balaban J connectivity index is 3.04. The zero-order chi connectivity index (χ0) is 13.0. The molecule has 94 valence electrons. The van der Waals surface area contributed by atoms with Gasteiger partial charge in [-0.15, -0.1) is 0 Å². The van der Waals surface area contributed by atoms with Gasteiger partial charge in [-0.3, -0.25) is 0 Å². The van der Waals surface area contributed by atoms with Gasteiger partial charge < -0.3 is 31.0 Å². The number of aliphatic hydroxyl groups excluding tert-OH is 2. The molecule has 1 rings (SSSR count). The maximum absolute atomic E-state index is 10.8. The SMILES string of the molecule is CC(O)Nc1ccc(NC(C)O)c([N+](=O)[O-])n1. The summed E-state index contributed by atoms with van der Waals surface area (Å²) >= 11 is 0. The molecule has 0 aromatic carbocycles. The predicted molar refractivity (Wildman–Crippen MR) is 61.5 cm³/mol. The summed E-state index contributed by atoms with van der Waals surface area (Å²) in [5.74, 6) is -0.237. The number of nitrogens with one attached hydrogen (secondary N) is 2. The normalized spacial score (nSPS) is 13.9. The van der Waals surface area contributed by atoms with Crippen LogP contribution in [0.25, 0.3) is 0 Å². The molecule has 0 bridgehead atoms. The molecule has 0 saturated heterocycles. The molecular weight excluding hydrogens is 228 g/mol. The zero-order valence-electron chi connectivity index (χ0n) is 9.41. The van der Waals surface area contributed by atoms with Crippen molar-refractivity contribution in [3.8, 4) is 0 Å². The average Bonchev–Trinajstić information content (AvgIpc) is 2.18. The number of aliphatic hydroxyl groups is 2. The van der Waals surface area contributed by atoms with Gasteiger partial charge in [0.15, 0.2) is 0 Å². The monoisotopic (exact) mass is 242 g/mol. The van der Waals surface area contributed by atoms with Crippen molar-refractivity contribution in [2.75, 3.05) is 10.6 Å². The van der Waals surface area contributed by atoms with Crippen molar-refractivity contribution < 1.29 is 15.1 Å². The lowest BCUT2D eigenvalue weighted by molar-refractivity contribution is -0.388. The van der Waals surface area contributed by atoms with Crippen LogP contribution in [-0.2, 0) is 0 Å². The highest BCUT2D eigenvalue weighted by atomic mass is 16.6. The molecule has 0 aliphatic heterocycles. The van der Waals surface area contributed by atoms with Crippen LogP contribution in [0.1, 0.15) is 13.8 Å². The molecule has 4 N–H and O–H groups in total. The van der Waals surface area contributed by atoms with Gasteiger partial charge in [-0.05, 0) is 29.8 Å². The summed E-state index contributed by atoms with van der Waals surface area (Å²) in [6.45, 7) is 2.90. The standard InChI is InChI=1S/C9H14N4O4/c1-5(14)10-7-3-4-8(11-6(2)15)12-9(7)13(16)17/h3-6,10,14-15H,1-2H3,(H,11,12). The summed E-state index contributed by atoms with van der Waals surface area (Å²) in [7, 11) is 0. The van der Waals surface area contributed by atoms with E-state index in [1.807, 2.05) is 0 Å². The Bertz CT molecular complexity index is 408. The van der Waals surface area contributed by atoms with Gasteiger partial charge in [0.05, 0.1) is 0 Å². The second-order valence-electron chi connectivity index (χ2n) is 3.47. The number of nitro groups is 1. The molecule has 0 aliphatic rings. The molecular formula is C9H14N4O4. The van der Waals surface area contributed by atoms with E-state index in [-0.39, 0.29) is 11.5 Å². The van der Waals surface area contributed by atoms with Crippen LogP contribution in [0.5, 0.6) is 0 Å². The first-order valence-electron chi connectivity index (χ1n) is 4.95. The van der Waals surface area contributed by atoms with Gasteiger partial charge in [0.1, 0.15) is 18.1 Å². The van der Waals surface area contributed by atoms with E-state index < -0.39 is 23.2 Å². The fraction of sp³-hybridized carbons (Fsp3) is 0.444. The van der Waals surface area contributed by atoms with Crippen LogP contribution in [0.15, 0.2) is 12.1 Å². The van der Waals surface area contributed by atoms with Crippen LogP contribution in [0.2, 0.25) is 0 Å². The molecule has 2 atom stereocenters. The van der Waals surface area contributed by atoms with Gasteiger partial charge in [0.2, 0.25) is 5.82 Å². The Kier molecular flexibility index (Phi) is 4.18. The van der Waals surface area contributed by atoms with E-state index in [1.54, 1.807) is 0 Å². The third-order valence-electron chi connectivity index (χ3n) is 1.77. The summed E-state index contributed by atoms with van der Waals surface area (Å²) in [5.41, 5.74) is 0.112. The highest BCUT2D eigenvalue weighted by Crippen LogP contribution is 2.24. The number of aromatic nitrogens is 1. The van der Waals surface area contributed by atoms with E-state index >= 15 is 0 Å². The van der Waals surface area contributed by atoms with Gasteiger partial charge in [-0.1, -0.05) is 0 Å². The Hall–Kier alpha value is -1.93. The Labute approximate surface area is 97.5 Å². The van der Waals surface area contributed by atoms with E-state index in [9.17, 15) is 10.1 Å². The number of hydrogen-bond donors (Lipinski definition) is 4. The van der Waals surface area contributed by atoms with Crippen molar-refractivity contribution in [3.63, 3.8) is 0 Å². The van der Waals surface area contributed by atoms with Crippen LogP contribution in [0.4, 0.5) is 17.3 Å². The largest absolute Gasteiger partial charge is 0.389 e. The number of pyridine rings is 1. The minimum atomic E-state index is -0.925. The predicted octanol–water partition coefficient (Wildman–Crippen LogP) is 0.490. The highest BCUT2D eigenvalue weighted by molar-refractivity contribution is 5.61. The second kappa shape index (κ2) is 5.41. The second-order valence-corrected chi connectivity index (χ2v) is 3.47. The molecule has 0 radical (unpaired) electrons. The fourth-order valence-corrected chi connectivity index (χ4v) is 1.22. The van der Waals surface area contributed by atoms with Gasteiger partial charge in [-0.25, -0.2) is 0 Å². The third-order valence-corrected chi connectivity index (χ3v) is 1.77. The van der Waals surface area contributed by atoms with Crippen molar-refractivity contribution in [2.45, 2.75) is 26.3 Å². The molecule has 0 amide bonds. The zero-order valence-corrected chi connectivity index (χ0v) is 9.41. The van der Waals surface area contributed by atoms with Crippen LogP contribution in [0.3, 0.4) is 0 Å². The van der Waals surface area contributed by atoms with Gasteiger partial charge in [0.25, 0.3) is 0 Å². The lowest BCUT2D eigenvalue weighted by Crippen LogP contribution is -2.17. The van der Waals surface area contributed by atoms with Crippen LogP contribution >= 0.6 is 0 Å². The van der Waals surface area contributed by atoms with Crippen molar-refractivity contribution >= 4 is 17.3 Å². The van der Waals surface area contributed by atoms with E-state index in [1.165, 1.54) is 26.0 Å². The fourth-order valence-electron chi connectivity index (χ4n) is 1.22. The molecule has 1 aromatic rings. The lowest BCUT2D eigenvalue weighted by Gasteiger charge is -2.10. The first kappa shape index (κ1) is 13.1. The van der Waals surface area contributed by atoms with Crippen molar-refractivity contribution in [1.82, 2.24) is 4.98 Å². The number of nitrogens with zero attached hydrogens (tertiary/aromatic N) is 2. The van der Waals surface area contributed by atoms with Crippen molar-refractivity contribution in [1.29, 1.82) is 0 Å². The molecule has 0 aliphatic carbocycles. The summed E-state index contributed by atoms with van der Waals surface area (Å²) < 4.78 is 0. The quantitative estimate of drug-likeness (QED) is 0.337. The smallest absolute Gasteiger partial charge is 0.374 e. The topological polar surface area (TPSA) is 121 Å². The maximum atomic E-state index is 10.8.